The third-order valence-electron chi connectivity index (χ3n) is 4.14. The van der Waals surface area contributed by atoms with Gasteiger partial charge in [-0.25, -0.2) is 12.8 Å². The Balaban J connectivity index is 2.20. The van der Waals surface area contributed by atoms with Crippen molar-refractivity contribution in [3.8, 4) is 5.75 Å². The van der Waals surface area contributed by atoms with Crippen LogP contribution in [0.25, 0.3) is 0 Å². The molecule has 8 heteroatoms. The monoisotopic (exact) mass is 394 g/mol. The van der Waals surface area contributed by atoms with Crippen molar-refractivity contribution < 1.29 is 22.3 Å². The summed E-state index contributed by atoms with van der Waals surface area (Å²) < 4.78 is 43.7. The van der Waals surface area contributed by atoms with Crippen molar-refractivity contribution in [3.63, 3.8) is 0 Å². The Labute approximate surface area is 159 Å². The zero-order chi connectivity index (χ0) is 20.2. The van der Waals surface area contributed by atoms with Crippen LogP contribution in [0.1, 0.15) is 25.5 Å². The highest BCUT2D eigenvalue weighted by Crippen LogP contribution is 2.22. The van der Waals surface area contributed by atoms with Gasteiger partial charge in [0.05, 0.1) is 25.1 Å². The molecule has 0 spiro atoms. The Bertz CT molecular complexity index is 883. The van der Waals surface area contributed by atoms with E-state index < -0.39 is 27.8 Å². The SMILES string of the molecule is COc1ccc([C@H](C)NC(=O)[C@H](C)N(c2ccc(F)cc2)S(C)(=O)=O)cc1. The molecule has 0 saturated heterocycles. The lowest BCUT2D eigenvalue weighted by Gasteiger charge is -2.29. The van der Waals surface area contributed by atoms with Crippen LogP contribution in [-0.2, 0) is 14.8 Å². The normalized spacial score (nSPS) is 13.5. The molecule has 146 valence electrons. The molecule has 2 aromatic rings. The van der Waals surface area contributed by atoms with Crippen molar-refractivity contribution in [3.05, 3.63) is 59.9 Å². The molecule has 0 bridgehead atoms. The number of rotatable bonds is 7. The maximum absolute atomic E-state index is 13.2. The lowest BCUT2D eigenvalue weighted by Crippen LogP contribution is -2.48. The first kappa shape index (κ1) is 20.7. The maximum atomic E-state index is 13.2. The quantitative estimate of drug-likeness (QED) is 0.784. The van der Waals surface area contributed by atoms with Crippen molar-refractivity contribution in [1.29, 1.82) is 0 Å². The minimum atomic E-state index is -3.75. The summed E-state index contributed by atoms with van der Waals surface area (Å²) in [7, 11) is -2.18. The summed E-state index contributed by atoms with van der Waals surface area (Å²) in [5.74, 6) is -0.254. The van der Waals surface area contributed by atoms with E-state index in [0.717, 1.165) is 28.3 Å². The maximum Gasteiger partial charge on any atom is 0.244 e. The number of nitrogens with one attached hydrogen (secondary N) is 1. The zero-order valence-electron chi connectivity index (χ0n) is 15.6. The predicted molar refractivity (Wildman–Crippen MR) is 103 cm³/mol. The summed E-state index contributed by atoms with van der Waals surface area (Å²) in [4.78, 5) is 12.7. The number of hydrogen-bond donors (Lipinski definition) is 1. The first-order chi connectivity index (χ1) is 12.6. The van der Waals surface area contributed by atoms with Gasteiger partial charge in [-0.3, -0.25) is 9.10 Å². The number of carbonyl (C=O) groups is 1. The van der Waals surface area contributed by atoms with Gasteiger partial charge in [0.1, 0.15) is 17.6 Å². The third-order valence-corrected chi connectivity index (χ3v) is 5.39. The number of sulfonamides is 1. The molecule has 0 aliphatic carbocycles. The van der Waals surface area contributed by atoms with E-state index in [2.05, 4.69) is 5.32 Å². The van der Waals surface area contributed by atoms with Crippen LogP contribution in [0.5, 0.6) is 5.75 Å². The summed E-state index contributed by atoms with van der Waals surface area (Å²) in [5, 5.41) is 2.81. The topological polar surface area (TPSA) is 75.7 Å². The van der Waals surface area contributed by atoms with Gasteiger partial charge < -0.3 is 10.1 Å². The van der Waals surface area contributed by atoms with Gasteiger partial charge in [-0.1, -0.05) is 12.1 Å². The van der Waals surface area contributed by atoms with Crippen LogP contribution in [-0.4, -0.2) is 33.7 Å². The van der Waals surface area contributed by atoms with Crippen LogP contribution in [0.4, 0.5) is 10.1 Å². The molecular weight excluding hydrogens is 371 g/mol. The zero-order valence-corrected chi connectivity index (χ0v) is 16.5. The van der Waals surface area contributed by atoms with Crippen LogP contribution < -0.4 is 14.4 Å². The highest BCUT2D eigenvalue weighted by Gasteiger charge is 2.29. The molecule has 2 atom stereocenters. The number of carbonyl (C=O) groups excluding carboxylic acids is 1. The second-order valence-corrected chi connectivity index (χ2v) is 8.07. The fraction of sp³-hybridized carbons (Fsp3) is 0.316. The molecule has 2 rings (SSSR count). The van der Waals surface area contributed by atoms with Crippen LogP contribution in [0.3, 0.4) is 0 Å². The molecule has 0 fully saturated rings. The molecule has 0 heterocycles. The number of halogens is 1. The molecule has 2 aromatic carbocycles. The van der Waals surface area contributed by atoms with Crippen LogP contribution in [0.15, 0.2) is 48.5 Å². The van der Waals surface area contributed by atoms with Crippen LogP contribution in [0.2, 0.25) is 0 Å². The van der Waals surface area contributed by atoms with Gasteiger partial charge in [0.15, 0.2) is 0 Å². The largest absolute Gasteiger partial charge is 0.497 e. The molecule has 1 N–H and O–H groups in total. The number of benzene rings is 2. The summed E-state index contributed by atoms with van der Waals surface area (Å²) >= 11 is 0. The number of nitrogens with zero attached hydrogens (tertiary/aromatic N) is 1. The molecule has 0 aliphatic heterocycles. The average Bonchev–Trinajstić information content (AvgIpc) is 2.62. The van der Waals surface area contributed by atoms with Gasteiger partial charge in [0.2, 0.25) is 15.9 Å². The van der Waals surface area contributed by atoms with E-state index in [-0.39, 0.29) is 11.7 Å². The average molecular weight is 394 g/mol. The Kier molecular flexibility index (Phi) is 6.43. The molecule has 0 saturated carbocycles. The van der Waals surface area contributed by atoms with Gasteiger partial charge in [0, 0.05) is 0 Å². The van der Waals surface area contributed by atoms with E-state index in [1.807, 2.05) is 12.1 Å². The van der Waals surface area contributed by atoms with E-state index in [0.29, 0.717) is 5.75 Å². The molecule has 0 unspecified atom stereocenters. The van der Waals surface area contributed by atoms with Gasteiger partial charge >= 0.3 is 0 Å². The van der Waals surface area contributed by atoms with E-state index >= 15 is 0 Å². The van der Waals surface area contributed by atoms with Gasteiger partial charge in [-0.2, -0.15) is 0 Å². The van der Waals surface area contributed by atoms with Crippen LogP contribution >= 0.6 is 0 Å². The van der Waals surface area contributed by atoms with Crippen molar-refractivity contribution in [2.24, 2.45) is 0 Å². The second-order valence-electron chi connectivity index (χ2n) is 6.21. The standard InChI is InChI=1S/C19H23FN2O4S/c1-13(15-5-11-18(26-3)12-6-15)21-19(23)14(2)22(27(4,24)25)17-9-7-16(20)8-10-17/h5-14H,1-4H3,(H,21,23)/t13-,14-/m0/s1. The van der Waals surface area contributed by atoms with Crippen molar-refractivity contribution in [2.75, 3.05) is 17.7 Å². The second kappa shape index (κ2) is 8.39. The fourth-order valence-electron chi connectivity index (χ4n) is 2.71. The molecular formula is C19H23FN2O4S. The molecule has 1 amide bonds. The van der Waals surface area contributed by atoms with Crippen molar-refractivity contribution in [1.82, 2.24) is 5.32 Å². The Morgan fingerprint density at radius 3 is 2.11 bits per heavy atom. The number of anilines is 1. The van der Waals surface area contributed by atoms with Crippen molar-refractivity contribution >= 4 is 21.6 Å². The van der Waals surface area contributed by atoms with Gasteiger partial charge in [-0.05, 0) is 55.8 Å². The third kappa shape index (κ3) is 5.19. The summed E-state index contributed by atoms with van der Waals surface area (Å²) in [6.45, 7) is 3.29. The number of hydrogen-bond acceptors (Lipinski definition) is 4. The molecule has 6 nitrogen and oxygen atoms in total. The Hall–Kier alpha value is -2.61. The summed E-state index contributed by atoms with van der Waals surface area (Å²) in [6.07, 6.45) is 1.01. The smallest absolute Gasteiger partial charge is 0.244 e. The fourth-order valence-corrected chi connectivity index (χ4v) is 3.88. The summed E-state index contributed by atoms with van der Waals surface area (Å²) in [6, 6.07) is 10.8. The predicted octanol–water partition coefficient (Wildman–Crippen LogP) is 2.87. The number of amides is 1. The molecule has 27 heavy (non-hydrogen) atoms. The van der Waals surface area contributed by atoms with E-state index in [1.54, 1.807) is 26.2 Å². The number of ether oxygens (including phenoxy) is 1. The van der Waals surface area contributed by atoms with Crippen molar-refractivity contribution in [2.45, 2.75) is 25.9 Å². The lowest BCUT2D eigenvalue weighted by molar-refractivity contribution is -0.122. The minimum absolute atomic E-state index is 0.221. The first-order valence-electron chi connectivity index (χ1n) is 8.32. The minimum Gasteiger partial charge on any atom is -0.497 e. The highest BCUT2D eigenvalue weighted by atomic mass is 32.2. The van der Waals surface area contributed by atoms with Crippen LogP contribution in [0, 0.1) is 5.82 Å². The first-order valence-corrected chi connectivity index (χ1v) is 10.2. The van der Waals surface area contributed by atoms with Gasteiger partial charge in [0.25, 0.3) is 0 Å². The lowest BCUT2D eigenvalue weighted by atomic mass is 10.1. The molecule has 0 aromatic heterocycles. The van der Waals surface area contributed by atoms with E-state index in [4.69, 9.17) is 4.74 Å². The van der Waals surface area contributed by atoms with Gasteiger partial charge in [-0.15, -0.1) is 0 Å². The van der Waals surface area contributed by atoms with E-state index in [1.165, 1.54) is 19.1 Å². The highest BCUT2D eigenvalue weighted by molar-refractivity contribution is 7.92. The molecule has 0 aliphatic rings. The Morgan fingerprint density at radius 2 is 1.63 bits per heavy atom. The summed E-state index contributed by atoms with van der Waals surface area (Å²) in [5.41, 5.74) is 1.07. The number of methoxy groups -OCH3 is 1. The Morgan fingerprint density at radius 1 is 1.07 bits per heavy atom. The van der Waals surface area contributed by atoms with E-state index in [9.17, 15) is 17.6 Å². The molecule has 0 radical (unpaired) electrons.